The highest BCUT2D eigenvalue weighted by Gasteiger charge is 2.72. The average Bonchev–Trinajstić information content (AvgIpc) is 2.76. The van der Waals surface area contributed by atoms with Gasteiger partial charge in [0.15, 0.2) is 0 Å². The fourth-order valence-electron chi connectivity index (χ4n) is 10.5. The number of aliphatic carboxylic acids is 1. The van der Waals surface area contributed by atoms with Crippen LogP contribution in [-0.2, 0) is 4.79 Å². The van der Waals surface area contributed by atoms with E-state index in [1.54, 1.807) is 5.57 Å². The molecule has 4 heteroatoms. The highest BCUT2D eigenvalue weighted by atomic mass is 16.4. The molecule has 5 rings (SSSR count). The molecule has 0 amide bonds. The smallest absolute Gasteiger partial charge is 0.309 e. The third-order valence-corrected chi connectivity index (χ3v) is 13.8. The molecule has 0 aromatic carbocycles. The van der Waals surface area contributed by atoms with Crippen molar-refractivity contribution in [2.45, 2.75) is 124 Å². The van der Waals surface area contributed by atoms with Crippen molar-refractivity contribution in [1.29, 1.82) is 0 Å². The number of nitrogens with two attached hydrogens (primary N) is 1. The third-order valence-electron chi connectivity index (χ3n) is 13.8. The minimum absolute atomic E-state index is 0.0172. The number of carboxylic acid groups (broad SMARTS) is 1. The van der Waals surface area contributed by atoms with Crippen molar-refractivity contribution in [3.63, 3.8) is 0 Å². The second-order valence-corrected chi connectivity index (χ2v) is 15.1. The highest BCUT2D eigenvalue weighted by molar-refractivity contribution is 5.74. The summed E-state index contributed by atoms with van der Waals surface area (Å²) < 4.78 is 0. The maximum atomic E-state index is 12.3. The van der Waals surface area contributed by atoms with Crippen LogP contribution in [0.4, 0.5) is 0 Å². The van der Waals surface area contributed by atoms with Crippen LogP contribution in [0.5, 0.6) is 0 Å². The molecular formula is C30H49NO3. The van der Waals surface area contributed by atoms with Gasteiger partial charge in [-0.15, -0.1) is 0 Å². The molecule has 0 spiro atoms. The number of aliphatic hydroxyl groups excluding tert-OH is 1. The van der Waals surface area contributed by atoms with Crippen LogP contribution < -0.4 is 5.73 Å². The summed E-state index contributed by atoms with van der Waals surface area (Å²) in [6.45, 7) is 16.3. The molecule has 0 radical (unpaired) electrons. The molecule has 4 fully saturated rings. The Morgan fingerprint density at radius 3 is 2.21 bits per heavy atom. The largest absolute Gasteiger partial charge is 0.481 e. The lowest BCUT2D eigenvalue weighted by Crippen LogP contribution is -2.76. The molecule has 0 heterocycles. The molecule has 34 heavy (non-hydrogen) atoms. The molecule has 0 bridgehead atoms. The Kier molecular flexibility index (Phi) is 5.04. The minimum atomic E-state index is -0.622. The monoisotopic (exact) mass is 471 g/mol. The van der Waals surface area contributed by atoms with Crippen LogP contribution in [0.2, 0.25) is 0 Å². The lowest BCUT2D eigenvalue weighted by atomic mass is 9.32. The quantitative estimate of drug-likeness (QED) is 0.391. The van der Waals surface area contributed by atoms with Gasteiger partial charge in [0.25, 0.3) is 0 Å². The molecule has 192 valence electrons. The van der Waals surface area contributed by atoms with E-state index < -0.39 is 11.4 Å². The molecule has 5 aliphatic rings. The van der Waals surface area contributed by atoms with E-state index in [2.05, 4.69) is 47.6 Å². The predicted octanol–water partition coefficient (Wildman–Crippen LogP) is 6.31. The van der Waals surface area contributed by atoms with Crippen molar-refractivity contribution < 1.29 is 15.0 Å². The molecule has 0 aromatic rings. The summed E-state index contributed by atoms with van der Waals surface area (Å²) in [5.41, 5.74) is 8.11. The van der Waals surface area contributed by atoms with Gasteiger partial charge < -0.3 is 15.9 Å². The summed E-state index contributed by atoms with van der Waals surface area (Å²) in [4.78, 5) is 12.3. The van der Waals surface area contributed by atoms with Gasteiger partial charge in [0, 0.05) is 11.0 Å². The van der Waals surface area contributed by atoms with E-state index in [-0.39, 0.29) is 38.7 Å². The van der Waals surface area contributed by atoms with Crippen LogP contribution >= 0.6 is 0 Å². The fourth-order valence-corrected chi connectivity index (χ4v) is 10.5. The fraction of sp³-hybridized carbons (Fsp3) is 0.900. The van der Waals surface area contributed by atoms with Crippen LogP contribution in [0.15, 0.2) is 11.6 Å². The zero-order valence-corrected chi connectivity index (χ0v) is 22.8. The lowest BCUT2D eigenvalue weighted by Gasteiger charge is -2.74. The van der Waals surface area contributed by atoms with Crippen LogP contribution in [0.25, 0.3) is 0 Å². The van der Waals surface area contributed by atoms with Crippen molar-refractivity contribution in [2.75, 3.05) is 0 Å². The first kappa shape index (κ1) is 24.8. The summed E-state index contributed by atoms with van der Waals surface area (Å²) in [5.74, 6) is 0.224. The van der Waals surface area contributed by atoms with E-state index in [1.165, 1.54) is 12.8 Å². The van der Waals surface area contributed by atoms with E-state index in [1.807, 2.05) is 6.92 Å². The van der Waals surface area contributed by atoms with Gasteiger partial charge in [0.05, 0.1) is 11.5 Å². The molecule has 0 aromatic heterocycles. The molecular weight excluding hydrogens is 422 g/mol. The highest BCUT2D eigenvalue weighted by Crippen LogP contribution is 2.76. The number of aliphatic hydroxyl groups is 1. The average molecular weight is 472 g/mol. The van der Waals surface area contributed by atoms with E-state index in [4.69, 9.17) is 5.73 Å². The zero-order chi connectivity index (χ0) is 25.2. The van der Waals surface area contributed by atoms with Crippen molar-refractivity contribution >= 4 is 5.97 Å². The van der Waals surface area contributed by atoms with Gasteiger partial charge in [0.2, 0.25) is 0 Å². The van der Waals surface area contributed by atoms with Crippen molar-refractivity contribution in [1.82, 2.24) is 0 Å². The Balaban J connectivity index is 1.60. The minimum Gasteiger partial charge on any atom is -0.481 e. The van der Waals surface area contributed by atoms with Crippen molar-refractivity contribution in [2.24, 2.45) is 50.1 Å². The predicted molar refractivity (Wildman–Crippen MR) is 136 cm³/mol. The Hall–Kier alpha value is -0.870. The normalized spacial score (nSPS) is 56.3. The molecule has 9 atom stereocenters. The van der Waals surface area contributed by atoms with Crippen molar-refractivity contribution in [3.8, 4) is 0 Å². The van der Waals surface area contributed by atoms with E-state index in [0.717, 1.165) is 51.4 Å². The summed E-state index contributed by atoms with van der Waals surface area (Å²) >= 11 is 0. The molecule has 5 aliphatic carbocycles. The Bertz CT molecular complexity index is 941. The van der Waals surface area contributed by atoms with Gasteiger partial charge in [-0.25, -0.2) is 0 Å². The topological polar surface area (TPSA) is 83.5 Å². The first-order valence-corrected chi connectivity index (χ1v) is 13.9. The number of rotatable bonds is 1. The lowest BCUT2D eigenvalue weighted by molar-refractivity contribution is -0.214. The summed E-state index contributed by atoms with van der Waals surface area (Å²) in [5, 5.41) is 21.0. The summed E-state index contributed by atoms with van der Waals surface area (Å²) in [6, 6.07) is 0. The first-order chi connectivity index (χ1) is 15.5. The van der Waals surface area contributed by atoms with Gasteiger partial charge in [-0.3, -0.25) is 4.79 Å². The van der Waals surface area contributed by atoms with Crippen LogP contribution in [0.3, 0.4) is 0 Å². The van der Waals surface area contributed by atoms with Gasteiger partial charge in [-0.1, -0.05) is 53.2 Å². The molecule has 4 saturated carbocycles. The molecule has 0 saturated heterocycles. The van der Waals surface area contributed by atoms with Gasteiger partial charge in [-0.2, -0.15) is 0 Å². The Labute approximate surface area is 207 Å². The second-order valence-electron chi connectivity index (χ2n) is 15.1. The van der Waals surface area contributed by atoms with E-state index >= 15 is 0 Å². The third kappa shape index (κ3) is 2.66. The van der Waals surface area contributed by atoms with Gasteiger partial charge in [-0.05, 0) is 105 Å². The van der Waals surface area contributed by atoms with E-state index in [9.17, 15) is 15.0 Å². The molecule has 4 nitrogen and oxygen atoms in total. The molecule has 0 aliphatic heterocycles. The van der Waals surface area contributed by atoms with E-state index in [0.29, 0.717) is 11.8 Å². The number of hydrogen-bond acceptors (Lipinski definition) is 3. The number of carboxylic acids is 1. The number of fused-ring (bicyclic) bond motifs is 7. The van der Waals surface area contributed by atoms with Crippen molar-refractivity contribution in [3.05, 3.63) is 11.6 Å². The number of hydrogen-bond donors (Lipinski definition) is 3. The standard InChI is InChI=1S/C30H49NO3/c1-24(2)22(32)10-11-29(7)21-9-8-19-20-18-26(4,23(33)34)13-12-25(20,3)14-15-27(19,5)28(21,6)16-17-30(24,29)31/h8,20-22,32H,9-18,31H2,1-7H3,(H,33,34)/t20-,21-,22-,25+,26-,27+,28+,29+,30?/m0/s1. The summed E-state index contributed by atoms with van der Waals surface area (Å²) in [6.07, 6.45) is 12.1. The first-order valence-electron chi connectivity index (χ1n) is 13.9. The Morgan fingerprint density at radius 2 is 1.56 bits per heavy atom. The zero-order valence-electron chi connectivity index (χ0n) is 22.8. The Morgan fingerprint density at radius 1 is 0.912 bits per heavy atom. The number of carbonyl (C=O) groups is 1. The number of allylic oxidation sites excluding steroid dienone is 2. The van der Waals surface area contributed by atoms with Crippen LogP contribution in [0.1, 0.15) is 113 Å². The SMILES string of the molecule is CC1(C)[C@@H](O)CC[C@]2(C)[C@H]3CC=C4[C@@H]5C[C@@](C)(C(=O)O)CC[C@]5(C)CC[C@@]4(C)[C@]3(C)CCC12N. The van der Waals surface area contributed by atoms with Gasteiger partial charge >= 0.3 is 5.97 Å². The maximum absolute atomic E-state index is 12.3. The second kappa shape index (κ2) is 6.91. The molecule has 4 N–H and O–H groups in total. The van der Waals surface area contributed by atoms with Crippen LogP contribution in [-0.4, -0.2) is 27.8 Å². The van der Waals surface area contributed by atoms with Crippen LogP contribution in [0, 0.1) is 44.3 Å². The summed E-state index contributed by atoms with van der Waals surface area (Å²) in [7, 11) is 0. The van der Waals surface area contributed by atoms with Gasteiger partial charge in [0.1, 0.15) is 0 Å². The molecule has 1 unspecified atom stereocenters. The maximum Gasteiger partial charge on any atom is 0.309 e.